The molecular formula is C89H70N4OSi2. The molecular weight excluding hydrogens is 1200 g/mol. The lowest BCUT2D eigenvalue weighted by Crippen LogP contribution is -2.74. The first-order valence-corrected chi connectivity index (χ1v) is 33.6. The molecule has 0 aliphatic rings. The van der Waals surface area contributed by atoms with Crippen molar-refractivity contribution in [1.29, 1.82) is 0 Å². The van der Waals surface area contributed by atoms with Crippen molar-refractivity contribution < 1.29 is 66.9 Å². The summed E-state index contributed by atoms with van der Waals surface area (Å²) < 4.78 is 407. The van der Waals surface area contributed by atoms with E-state index in [-0.39, 0.29) is 56.4 Å². The zero-order valence-electron chi connectivity index (χ0n) is 92.7. The summed E-state index contributed by atoms with van der Waals surface area (Å²) in [6.45, 7) is 2.09. The molecule has 0 radical (unpaired) electrons. The fourth-order valence-electron chi connectivity index (χ4n) is 12.4. The van der Waals surface area contributed by atoms with Gasteiger partial charge in [0.25, 0.3) is 6.33 Å². The summed E-state index contributed by atoms with van der Waals surface area (Å²) in [5.74, 6) is 0.00426. The van der Waals surface area contributed by atoms with Crippen LogP contribution in [0.5, 0.6) is 11.5 Å². The third kappa shape index (κ3) is 10.3. The number of ether oxygens (including phenoxy) is 1. The van der Waals surface area contributed by atoms with Gasteiger partial charge in [0.2, 0.25) is 0 Å². The predicted molar refractivity (Wildman–Crippen MR) is 404 cm³/mol. The smallest absolute Gasteiger partial charge is 0.269 e. The molecule has 96 heavy (non-hydrogen) atoms. The standard InChI is InChI=1S/C89H70N4OSi2/c1-64-57-87(90-62-81(64)65-31-12-5-13-32-65)93-83-52-27-26-49-79(83)80-55-53-69(60-85(80)93)94-68-35-29-34-67(59-68)91-63-92(84-56-54-77(61-86(84)91)96(73-42-20-9-21-43-73,74-44-22-10-23-45-74)75-46-24-11-25-47-75)88-78(50-30-51-82(88)89(2,3)4)66-33-28-48-76(58-66)95(70-36-14-6-15-37-70,71-38-16-7-17-39-71)72-40-18-8-19-41-72/h5-62H,1-4H3/i1D3,5D,6D,7D,8D,9D,10D,11D,12D,13D,14D,15D,16D,17D,18D,19D,20D,21D,22D,23D,24D,25D,28D,31D,32D,33D,36D,37D,38D,39D,40D,41D,42D,43D,44D,45D,46D,47D,48D,58D. The van der Waals surface area contributed by atoms with E-state index in [1.54, 1.807) is 73.9 Å². The molecule has 0 saturated heterocycles. The maximum Gasteiger partial charge on any atom is 0.269 e. The molecule has 0 atom stereocenters. The van der Waals surface area contributed by atoms with Crippen LogP contribution in [0.15, 0.2) is 351 Å². The highest BCUT2D eigenvalue weighted by molar-refractivity contribution is 7.20. The van der Waals surface area contributed by atoms with E-state index in [1.807, 2.05) is 0 Å². The molecule has 7 heteroatoms. The second-order valence-electron chi connectivity index (χ2n) is 22.9. The Bertz CT molecular complexity index is 7570. The Kier molecular flexibility index (Phi) is 7.59. The molecule has 0 aliphatic heterocycles. The highest BCUT2D eigenvalue weighted by Gasteiger charge is 2.43. The minimum Gasteiger partial charge on any atom is -0.458 e. The molecule has 0 amide bonds. The first kappa shape index (κ1) is 29.4. The van der Waals surface area contributed by atoms with Crippen molar-refractivity contribution in [3.05, 3.63) is 369 Å². The first-order valence-electron chi connectivity index (χ1n) is 50.6. The van der Waals surface area contributed by atoms with E-state index in [0.29, 0.717) is 21.8 Å². The third-order valence-electron chi connectivity index (χ3n) is 16.5. The highest BCUT2D eigenvalue weighted by atomic mass is 28.3. The molecule has 0 saturated carbocycles. The third-order valence-corrected chi connectivity index (χ3v) is 24.7. The molecule has 0 spiro atoms. The van der Waals surface area contributed by atoms with Crippen molar-refractivity contribution in [1.82, 2.24) is 14.1 Å². The average Bonchev–Trinajstić information content (AvgIpc) is 0.755. The molecule has 0 N–H and O–H groups in total. The zero-order chi connectivity index (χ0) is 101. The first-order chi connectivity index (χ1) is 64.5. The quantitative estimate of drug-likeness (QED) is 0.0444. The number of aryl methyl sites for hydroxylation is 1. The van der Waals surface area contributed by atoms with Gasteiger partial charge in [-0.15, -0.1) is 0 Å². The second-order valence-corrected chi connectivity index (χ2v) is 30.0. The molecule has 0 aliphatic carbocycles. The molecule has 16 rings (SSSR count). The lowest BCUT2D eigenvalue weighted by molar-refractivity contribution is -0.572. The topological polar surface area (TPSA) is 35.9 Å². The van der Waals surface area contributed by atoms with Gasteiger partial charge in [-0.05, 0) is 124 Å². The van der Waals surface area contributed by atoms with Gasteiger partial charge in [0.1, 0.15) is 17.3 Å². The molecule has 3 aromatic heterocycles. The van der Waals surface area contributed by atoms with Crippen LogP contribution in [-0.4, -0.2) is 30.3 Å². The minimum absolute atomic E-state index is 0.0184. The number of fused-ring (bicyclic) bond motifs is 4. The van der Waals surface area contributed by atoms with Gasteiger partial charge in [0.05, 0.1) is 86.9 Å². The van der Waals surface area contributed by atoms with Crippen LogP contribution in [0.1, 0.15) is 89.5 Å². The molecule has 0 unspecified atom stereocenters. The maximum absolute atomic E-state index is 11.1. The Morgan fingerprint density at radius 1 is 0.438 bits per heavy atom. The molecule has 16 aromatic rings. The maximum atomic E-state index is 11.1. The number of rotatable bonds is 15. The van der Waals surface area contributed by atoms with Crippen LogP contribution in [0.25, 0.3) is 72.3 Å². The molecule has 13 aromatic carbocycles. The lowest BCUT2D eigenvalue weighted by Gasteiger charge is -2.35. The Morgan fingerprint density at radius 3 is 1.54 bits per heavy atom. The van der Waals surface area contributed by atoms with Crippen LogP contribution >= 0.6 is 0 Å². The summed E-state index contributed by atoms with van der Waals surface area (Å²) in [7, 11) is -12.6. The lowest BCUT2D eigenvalue weighted by atomic mass is 9.83. The zero-order valence-corrected chi connectivity index (χ0v) is 52.7. The Hall–Kier alpha value is -11.5. The van der Waals surface area contributed by atoms with Crippen LogP contribution in [0.3, 0.4) is 0 Å². The summed E-state index contributed by atoms with van der Waals surface area (Å²) in [4.78, 5) is 4.70. The van der Waals surface area contributed by atoms with Gasteiger partial charge < -0.3 is 4.74 Å². The van der Waals surface area contributed by atoms with E-state index in [4.69, 9.17) is 28.9 Å². The number of pyridine rings is 1. The Labute approximate surface area is 622 Å². The van der Waals surface area contributed by atoms with Crippen molar-refractivity contribution in [3.8, 4) is 50.9 Å². The van der Waals surface area contributed by atoms with E-state index < -0.39 is 322 Å². The van der Waals surface area contributed by atoms with Crippen molar-refractivity contribution in [2.24, 2.45) is 0 Å². The number of benzene rings is 13. The number of hydrogen-bond donors (Lipinski definition) is 0. The molecule has 0 bridgehead atoms. The summed E-state index contributed by atoms with van der Waals surface area (Å²) in [5.41, 5.74) is -3.16. The Balaban J connectivity index is 1.05. The second kappa shape index (κ2) is 24.8. The fourth-order valence-corrected chi connectivity index (χ4v) is 19.7. The molecule has 5 nitrogen and oxygen atoms in total. The SMILES string of the molecule is [2H]c1c([2H])c([2H])c(-c2cnc(-n3c4ccccc4c4ccc(Oc5cccc(-n6[c-][n+](-c7c(-c8c([2H])c([2H])c([2H])c([Si](c9c([2H])c([2H])c([2H])c([2H])c9[2H])(c9c([2H])c([2H])c([2H])c([2H])c9[2H])c9c([2H])c([2H])c([2H])c([2H])c9[2H])c8[2H])cccc7C(C)(C)C)c7ccc([Si](c8c([2H])c([2H])c([2H])c([2H])c8[2H])(c8c([2H])c([2H])c([2H])c([2H])c8[2H])c8c([2H])c([2H])c([2H])c([2H])c8[2H])cc76)c5)cc43)cc2C([2H])([2H])[2H])c([2H])c1[2H]. The number of nitrogens with zero attached hydrogens (tertiary/aromatic N) is 4. The van der Waals surface area contributed by atoms with Crippen LogP contribution in [-0.2, 0) is 5.41 Å². The fraction of sp³-hybridized carbons (Fsp3) is 0.0562. The molecule has 3 heterocycles. The van der Waals surface area contributed by atoms with Crippen LogP contribution in [0, 0.1) is 13.2 Å². The summed E-state index contributed by atoms with van der Waals surface area (Å²) in [6.07, 6.45) is 4.47. The normalized spacial score (nSPS) is 18.2. The summed E-state index contributed by atoms with van der Waals surface area (Å²) >= 11 is 0. The molecule has 0 fully saturated rings. The summed E-state index contributed by atoms with van der Waals surface area (Å²) in [6, 6.07) is -16.2. The van der Waals surface area contributed by atoms with Crippen LogP contribution in [0.2, 0.25) is 0 Å². The predicted octanol–water partition coefficient (Wildman–Crippen LogP) is 15.7. The van der Waals surface area contributed by atoms with E-state index in [0.717, 1.165) is 6.20 Å². The monoisotopic (exact) mass is 1310 g/mol. The van der Waals surface area contributed by atoms with Crippen molar-refractivity contribution >= 4 is 90.5 Å². The van der Waals surface area contributed by atoms with Gasteiger partial charge in [0.15, 0.2) is 16.1 Å². The number of para-hydroxylation sites is 2. The highest BCUT2D eigenvalue weighted by Crippen LogP contribution is 2.38. The number of imidazole rings is 1. The molecule has 460 valence electrons. The van der Waals surface area contributed by atoms with Gasteiger partial charge in [-0.25, -0.2) is 4.98 Å². The van der Waals surface area contributed by atoms with Crippen molar-refractivity contribution in [3.63, 3.8) is 0 Å². The largest absolute Gasteiger partial charge is 0.458 e. The van der Waals surface area contributed by atoms with Gasteiger partial charge in [-0.3, -0.25) is 13.7 Å². The van der Waals surface area contributed by atoms with Gasteiger partial charge in [-0.2, -0.15) is 0 Å². The van der Waals surface area contributed by atoms with Crippen molar-refractivity contribution in [2.75, 3.05) is 0 Å². The van der Waals surface area contributed by atoms with Gasteiger partial charge in [0, 0.05) is 32.7 Å². The van der Waals surface area contributed by atoms with Crippen LogP contribution in [0.4, 0.5) is 0 Å². The number of aromatic nitrogens is 4. The van der Waals surface area contributed by atoms with E-state index in [9.17, 15) is 38.4 Å². The Morgan fingerprint density at radius 2 is 0.958 bits per heavy atom. The van der Waals surface area contributed by atoms with Crippen LogP contribution < -0.4 is 50.8 Å². The van der Waals surface area contributed by atoms with E-state index >= 15 is 0 Å². The average molecular weight is 1310 g/mol. The summed E-state index contributed by atoms with van der Waals surface area (Å²) in [5, 5.41) is -6.52. The van der Waals surface area contributed by atoms with E-state index in [2.05, 4.69) is 6.33 Å². The van der Waals surface area contributed by atoms with Gasteiger partial charge in [-0.1, -0.05) is 317 Å². The van der Waals surface area contributed by atoms with E-state index in [1.165, 1.54) is 69.8 Å². The number of hydrogen-bond acceptors (Lipinski definition) is 2. The van der Waals surface area contributed by atoms with Gasteiger partial charge >= 0.3 is 0 Å². The van der Waals surface area contributed by atoms with Crippen molar-refractivity contribution in [2.45, 2.75) is 33.0 Å². The minimum atomic E-state index is -6.56.